The van der Waals surface area contributed by atoms with Crippen molar-refractivity contribution in [2.75, 3.05) is 0 Å². The molecule has 4 rings (SSSR count). The summed E-state index contributed by atoms with van der Waals surface area (Å²) in [7, 11) is 0. The Bertz CT molecular complexity index is 953. The first-order valence-electron chi connectivity index (χ1n) is 10.6. The Labute approximate surface area is 204 Å². The van der Waals surface area contributed by atoms with E-state index in [1.54, 1.807) is 0 Å². The van der Waals surface area contributed by atoms with E-state index in [0.717, 1.165) is 19.3 Å². The second kappa shape index (κ2) is 14.4. The quantitative estimate of drug-likeness (QED) is 0.243. The first-order chi connectivity index (χ1) is 14.9. The normalized spacial score (nSPS) is 9.81. The monoisotopic (exact) mass is 466 g/mol. The second-order valence-corrected chi connectivity index (χ2v) is 7.45. The van der Waals surface area contributed by atoms with Gasteiger partial charge in [-0.3, -0.25) is 9.59 Å². The molecule has 0 aliphatic rings. The van der Waals surface area contributed by atoms with Crippen LogP contribution < -0.4 is 0 Å². The molecule has 0 unspecified atom stereocenters. The number of carbonyl (C=O) groups is 2. The smallest absolute Gasteiger partial charge is 0.481 e. The Morgan fingerprint density at radius 3 is 1.38 bits per heavy atom. The van der Waals surface area contributed by atoms with Gasteiger partial charge in [0.1, 0.15) is 0 Å². The van der Waals surface area contributed by atoms with E-state index in [0.29, 0.717) is 12.8 Å². The number of aliphatic carboxylic acids is 2. The molecule has 4 nitrogen and oxygen atoms in total. The molecule has 0 aromatic heterocycles. The Morgan fingerprint density at radius 2 is 1.09 bits per heavy atom. The van der Waals surface area contributed by atoms with Gasteiger partial charge in [-0.1, -0.05) is 26.0 Å². The van der Waals surface area contributed by atoms with E-state index in [1.165, 1.54) is 32.7 Å². The Kier molecular flexibility index (Phi) is 12.3. The zero-order valence-electron chi connectivity index (χ0n) is 18.7. The molecular weight excluding hydrogens is 436 g/mol. The fraction of sp³-hybridized carbons (Fsp3) is 0.259. The number of carboxylic acid groups (broad SMARTS) is 2. The number of hydrogen-bond acceptors (Lipinski definition) is 2. The summed E-state index contributed by atoms with van der Waals surface area (Å²) >= 11 is 0. The van der Waals surface area contributed by atoms with Crippen molar-refractivity contribution >= 4 is 33.5 Å². The van der Waals surface area contributed by atoms with Gasteiger partial charge in [-0.2, -0.15) is 12.1 Å². The molecule has 4 aromatic rings. The fourth-order valence-electron chi connectivity index (χ4n) is 3.30. The number of carboxylic acids is 2. The van der Waals surface area contributed by atoms with Crippen LogP contribution in [-0.4, -0.2) is 22.2 Å². The predicted octanol–water partition coefficient (Wildman–Crippen LogP) is 6.76. The van der Waals surface area contributed by atoms with Crippen LogP contribution in [0.5, 0.6) is 0 Å². The van der Waals surface area contributed by atoms with E-state index < -0.39 is 11.9 Å². The van der Waals surface area contributed by atoms with E-state index in [1.807, 2.05) is 13.8 Å². The summed E-state index contributed by atoms with van der Waals surface area (Å²) in [4.78, 5) is 19.2. The van der Waals surface area contributed by atoms with Crippen molar-refractivity contribution in [1.82, 2.24) is 0 Å². The summed E-state index contributed by atoms with van der Waals surface area (Å²) in [6, 6.07) is 26.3. The van der Waals surface area contributed by atoms with Gasteiger partial charge < -0.3 is 10.2 Å². The van der Waals surface area contributed by atoms with Crippen molar-refractivity contribution in [2.24, 2.45) is 0 Å². The van der Waals surface area contributed by atoms with Crippen molar-refractivity contribution in [3.63, 3.8) is 0 Å². The van der Waals surface area contributed by atoms with Crippen molar-refractivity contribution < 1.29 is 41.5 Å². The van der Waals surface area contributed by atoms with Gasteiger partial charge in [0.05, 0.1) is 0 Å². The van der Waals surface area contributed by atoms with E-state index >= 15 is 0 Å². The van der Waals surface area contributed by atoms with Crippen molar-refractivity contribution in [2.45, 2.75) is 46.0 Å². The molecule has 0 saturated carbocycles. The Hall–Kier alpha value is -2.69. The number of rotatable bonds is 6. The third-order valence-corrected chi connectivity index (χ3v) is 4.69. The van der Waals surface area contributed by atoms with Crippen LogP contribution in [0, 0.1) is 0 Å². The first kappa shape index (κ1) is 27.3. The van der Waals surface area contributed by atoms with E-state index in [4.69, 9.17) is 10.2 Å². The summed E-state index contributed by atoms with van der Waals surface area (Å²) in [6.07, 6.45) is 3.06. The summed E-state index contributed by atoms with van der Waals surface area (Å²) < 4.78 is 0. The molecular formula is C27H30O4Ti. The Balaban J connectivity index is 0.000000332. The van der Waals surface area contributed by atoms with E-state index in [9.17, 15) is 9.59 Å². The molecule has 166 valence electrons. The zero-order valence-corrected chi connectivity index (χ0v) is 20.2. The average Bonchev–Trinajstić information content (AvgIpc) is 3.31. The van der Waals surface area contributed by atoms with Gasteiger partial charge in [-0.15, -0.1) is 81.2 Å². The molecule has 0 amide bonds. The van der Waals surface area contributed by atoms with Crippen LogP contribution in [-0.2, 0) is 37.7 Å². The molecule has 32 heavy (non-hydrogen) atoms. The predicted molar refractivity (Wildman–Crippen MR) is 127 cm³/mol. The molecule has 0 aliphatic carbocycles. The molecule has 0 atom stereocenters. The molecule has 2 N–H and O–H groups in total. The molecule has 0 aliphatic heterocycles. The van der Waals surface area contributed by atoms with Gasteiger partial charge in [-0.05, 0) is 19.3 Å². The summed E-state index contributed by atoms with van der Waals surface area (Å²) in [6.45, 7) is 3.68. The third kappa shape index (κ3) is 9.21. The summed E-state index contributed by atoms with van der Waals surface area (Å²) in [5.74, 6) is -1.42. The van der Waals surface area contributed by atoms with Crippen LogP contribution >= 0.6 is 0 Å². The van der Waals surface area contributed by atoms with Crippen molar-refractivity contribution in [1.29, 1.82) is 0 Å². The van der Waals surface area contributed by atoms with Crippen LogP contribution in [0.3, 0.4) is 0 Å². The molecule has 5 heteroatoms. The zero-order chi connectivity index (χ0) is 22.6. The molecule has 0 radical (unpaired) electrons. The molecule has 4 aromatic carbocycles. The number of fused-ring (bicyclic) bond motifs is 2. The third-order valence-electron chi connectivity index (χ3n) is 4.69. The maximum absolute atomic E-state index is 9.60. The first-order valence-corrected chi connectivity index (χ1v) is 10.6. The fourth-order valence-corrected chi connectivity index (χ4v) is 3.30. The molecule has 0 heterocycles. The number of hydrogen-bond donors (Lipinski definition) is 2. The molecule has 0 saturated heterocycles. The minimum Gasteiger partial charge on any atom is -0.481 e. The maximum atomic E-state index is 9.60. The van der Waals surface area contributed by atoms with E-state index in [2.05, 4.69) is 72.8 Å². The largest absolute Gasteiger partial charge is 2.00 e. The Morgan fingerprint density at radius 1 is 0.719 bits per heavy atom. The molecule has 0 spiro atoms. The van der Waals surface area contributed by atoms with E-state index in [-0.39, 0.29) is 21.7 Å². The van der Waals surface area contributed by atoms with Crippen LogP contribution in [0.2, 0.25) is 0 Å². The van der Waals surface area contributed by atoms with Gasteiger partial charge in [0, 0.05) is 12.8 Å². The topological polar surface area (TPSA) is 74.6 Å². The number of benzene rings is 2. The van der Waals surface area contributed by atoms with Gasteiger partial charge in [0.25, 0.3) is 0 Å². The average molecular weight is 466 g/mol. The standard InChI is InChI=1S/C19H14.2C4H8O2.Ti/c1-2-6-17-11-14(10-16(17)5-1)9-15-12-18-7-3-4-8-19(18)13-15;2*1-2-3-4(5)6;/h1-8,10-13H,9H2;2*2-3H2,1H3,(H,5,6);/q-2;;;+2. The van der Waals surface area contributed by atoms with Gasteiger partial charge >= 0.3 is 33.7 Å². The summed E-state index contributed by atoms with van der Waals surface area (Å²) in [5, 5.41) is 21.2. The SMILES string of the molecule is CCCC(=O)O.CCCC(=O)O.[Ti+2].c1ccc2[cH-]c(Cc3cc4ccccc4[cH-]3)cc2c1. The maximum Gasteiger partial charge on any atom is 2.00 e. The summed E-state index contributed by atoms with van der Waals surface area (Å²) in [5.41, 5.74) is 2.80. The van der Waals surface area contributed by atoms with Gasteiger partial charge in [-0.25, -0.2) is 0 Å². The van der Waals surface area contributed by atoms with Crippen molar-refractivity contribution in [3.05, 3.63) is 83.9 Å². The minimum absolute atomic E-state index is 0. The molecule has 0 fully saturated rings. The van der Waals surface area contributed by atoms with Crippen LogP contribution in [0.4, 0.5) is 0 Å². The second-order valence-electron chi connectivity index (χ2n) is 7.45. The van der Waals surface area contributed by atoms with Gasteiger partial charge in [0.15, 0.2) is 0 Å². The minimum atomic E-state index is -0.711. The van der Waals surface area contributed by atoms with Crippen LogP contribution in [0.15, 0.2) is 72.8 Å². The van der Waals surface area contributed by atoms with Crippen molar-refractivity contribution in [3.8, 4) is 0 Å². The van der Waals surface area contributed by atoms with Gasteiger partial charge in [0.2, 0.25) is 0 Å². The van der Waals surface area contributed by atoms with Crippen LogP contribution in [0.1, 0.15) is 50.7 Å². The van der Waals surface area contributed by atoms with Crippen LogP contribution in [0.25, 0.3) is 21.5 Å². The molecule has 0 bridgehead atoms.